The second kappa shape index (κ2) is 5.77. The smallest absolute Gasteiger partial charge is 0.242 e. The van der Waals surface area contributed by atoms with Crippen molar-refractivity contribution >= 4 is 11.0 Å². The third-order valence-electron chi connectivity index (χ3n) is 2.33. The van der Waals surface area contributed by atoms with Gasteiger partial charge in [0.25, 0.3) is 0 Å². The lowest BCUT2D eigenvalue weighted by molar-refractivity contribution is -0.152. The van der Waals surface area contributed by atoms with Crippen LogP contribution < -0.4 is 4.72 Å². The molecular weight excluding hydrogens is 301 g/mol. The van der Waals surface area contributed by atoms with Crippen molar-refractivity contribution in [2.24, 2.45) is 0 Å². The zero-order chi connectivity index (χ0) is 15.7. The average Bonchev–Trinajstić information content (AvgIpc) is 2.20. The molecule has 2 atom stereocenters. The summed E-state index contributed by atoms with van der Waals surface area (Å²) in [6.45, 7) is 4.45. The van der Waals surface area contributed by atoms with Crippen LogP contribution in [0.4, 0.5) is 22.0 Å². The minimum absolute atomic E-state index is 0.470. The van der Waals surface area contributed by atoms with Crippen molar-refractivity contribution in [3.05, 3.63) is 35.4 Å². The Morgan fingerprint density at radius 3 is 1.85 bits per heavy atom. The normalized spacial score (nSPS) is 16.0. The largest absolute Gasteiger partial charge is 0.408 e. The van der Waals surface area contributed by atoms with Gasteiger partial charge in [-0.1, -0.05) is 0 Å². The average molecular weight is 315 g/mol. The summed E-state index contributed by atoms with van der Waals surface area (Å²) in [5.41, 5.74) is -0.660. The third-order valence-corrected chi connectivity index (χ3v) is 3.89. The number of nitrogens with one attached hydrogen (secondary N) is 1. The Labute approximate surface area is 116 Å². The molecule has 0 aliphatic heterocycles. The minimum atomic E-state index is -4.83. The van der Waals surface area contributed by atoms with Crippen molar-refractivity contribution in [3.63, 3.8) is 0 Å². The summed E-state index contributed by atoms with van der Waals surface area (Å²) in [4.78, 5) is 0. The van der Waals surface area contributed by atoms with Crippen molar-refractivity contribution < 1.29 is 26.2 Å². The fourth-order valence-electron chi connectivity index (χ4n) is 1.35. The molecule has 0 saturated heterocycles. The quantitative estimate of drug-likeness (QED) is 0.848. The molecule has 1 N–H and O–H groups in total. The van der Waals surface area contributed by atoms with Gasteiger partial charge in [0.1, 0.15) is 17.7 Å². The number of rotatable bonds is 3. The lowest BCUT2D eigenvalue weighted by atomic mass is 10.1. The Morgan fingerprint density at radius 1 is 1.05 bits per heavy atom. The second-order valence-corrected chi connectivity index (χ2v) is 7.17. The van der Waals surface area contributed by atoms with E-state index >= 15 is 0 Å². The molecule has 0 bridgehead atoms. The maximum absolute atomic E-state index is 13.0. The second-order valence-electron chi connectivity index (χ2n) is 5.18. The molecule has 2 nitrogen and oxygen atoms in total. The number of alkyl halides is 3. The highest BCUT2D eigenvalue weighted by atomic mass is 32.2. The van der Waals surface area contributed by atoms with Gasteiger partial charge < -0.3 is 0 Å². The van der Waals surface area contributed by atoms with Crippen LogP contribution in [-0.2, 0) is 11.0 Å². The third kappa shape index (κ3) is 4.52. The fraction of sp³-hybridized carbons (Fsp3) is 0.500. The Kier molecular flexibility index (Phi) is 4.91. The van der Waals surface area contributed by atoms with Crippen LogP contribution in [0.1, 0.15) is 32.4 Å². The molecule has 1 aromatic rings. The molecule has 0 aliphatic carbocycles. The van der Waals surface area contributed by atoms with Gasteiger partial charge in [-0.2, -0.15) is 13.2 Å². The van der Waals surface area contributed by atoms with Crippen molar-refractivity contribution in [1.29, 1.82) is 0 Å². The van der Waals surface area contributed by atoms with Crippen molar-refractivity contribution in [2.45, 2.75) is 37.7 Å². The van der Waals surface area contributed by atoms with Gasteiger partial charge in [-0.05, 0) is 38.5 Å². The van der Waals surface area contributed by atoms with E-state index < -0.39 is 45.1 Å². The van der Waals surface area contributed by atoms with Gasteiger partial charge in [0, 0.05) is 6.07 Å². The Bertz CT molecular complexity index is 489. The molecule has 0 fully saturated rings. The molecule has 1 rings (SSSR count). The standard InChI is InChI=1S/C12H14F5NOS/c1-11(2,3)20(19)18-10(12(15,16)17)7-4-8(13)6-9(14)5-7/h4-6,10,18H,1-3H3/t10-,20?/m0/s1. The van der Waals surface area contributed by atoms with Crippen molar-refractivity contribution in [1.82, 2.24) is 4.72 Å². The maximum atomic E-state index is 13.0. The van der Waals surface area contributed by atoms with Crippen molar-refractivity contribution in [3.8, 4) is 0 Å². The SMILES string of the molecule is CC(C)(C)S(=O)N[C@@H](c1cc(F)cc(F)c1)C(F)(F)F. The summed E-state index contributed by atoms with van der Waals surface area (Å²) >= 11 is 0. The van der Waals surface area contributed by atoms with Gasteiger partial charge in [-0.3, -0.25) is 0 Å². The molecule has 0 spiro atoms. The van der Waals surface area contributed by atoms with E-state index in [1.807, 2.05) is 4.72 Å². The van der Waals surface area contributed by atoms with E-state index in [4.69, 9.17) is 0 Å². The molecule has 0 aromatic heterocycles. The van der Waals surface area contributed by atoms with Crippen LogP contribution in [0, 0.1) is 11.6 Å². The first-order chi connectivity index (χ1) is 8.91. The van der Waals surface area contributed by atoms with E-state index in [9.17, 15) is 26.2 Å². The molecule has 1 unspecified atom stereocenters. The Balaban J connectivity index is 3.17. The van der Waals surface area contributed by atoms with Gasteiger partial charge >= 0.3 is 6.18 Å². The zero-order valence-corrected chi connectivity index (χ0v) is 11.8. The highest BCUT2D eigenvalue weighted by Crippen LogP contribution is 2.34. The first-order valence-electron chi connectivity index (χ1n) is 5.62. The Hall–Kier alpha value is -1.02. The lowest BCUT2D eigenvalue weighted by Gasteiger charge is -2.26. The predicted octanol–water partition coefficient (Wildman–Crippen LogP) is 3.62. The summed E-state index contributed by atoms with van der Waals surface area (Å²) in [6, 6.07) is -0.812. The summed E-state index contributed by atoms with van der Waals surface area (Å²) in [7, 11) is -2.04. The van der Waals surface area contributed by atoms with E-state index in [2.05, 4.69) is 0 Å². The van der Waals surface area contributed by atoms with Gasteiger partial charge in [0.15, 0.2) is 0 Å². The van der Waals surface area contributed by atoms with Crippen LogP contribution in [0.5, 0.6) is 0 Å². The molecule has 0 amide bonds. The van der Waals surface area contributed by atoms with Gasteiger partial charge in [-0.15, -0.1) is 0 Å². The topological polar surface area (TPSA) is 29.1 Å². The zero-order valence-electron chi connectivity index (χ0n) is 11.0. The molecule has 20 heavy (non-hydrogen) atoms. The van der Waals surface area contributed by atoms with E-state index in [0.717, 1.165) is 0 Å². The monoisotopic (exact) mass is 315 g/mol. The number of halogens is 5. The van der Waals surface area contributed by atoms with E-state index in [-0.39, 0.29) is 0 Å². The van der Waals surface area contributed by atoms with Crippen LogP contribution in [0.15, 0.2) is 18.2 Å². The van der Waals surface area contributed by atoms with E-state index in [0.29, 0.717) is 18.2 Å². The van der Waals surface area contributed by atoms with Crippen LogP contribution in [0.25, 0.3) is 0 Å². The van der Waals surface area contributed by atoms with Crippen LogP contribution in [0.3, 0.4) is 0 Å². The number of hydrogen-bond acceptors (Lipinski definition) is 1. The first kappa shape index (κ1) is 17.0. The molecule has 0 heterocycles. The minimum Gasteiger partial charge on any atom is -0.242 e. The van der Waals surface area contributed by atoms with E-state index in [1.165, 1.54) is 20.8 Å². The van der Waals surface area contributed by atoms with Gasteiger partial charge in [0.05, 0.1) is 15.7 Å². The summed E-state index contributed by atoms with van der Waals surface area (Å²) in [6.07, 6.45) is -4.83. The lowest BCUT2D eigenvalue weighted by Crippen LogP contribution is -2.41. The number of hydrogen-bond donors (Lipinski definition) is 1. The molecular formula is C12H14F5NOS. The van der Waals surface area contributed by atoms with Gasteiger partial charge in [-0.25, -0.2) is 17.7 Å². The first-order valence-corrected chi connectivity index (χ1v) is 6.77. The Morgan fingerprint density at radius 2 is 1.50 bits per heavy atom. The highest BCUT2D eigenvalue weighted by molar-refractivity contribution is 7.84. The predicted molar refractivity (Wildman–Crippen MR) is 66.2 cm³/mol. The summed E-state index contributed by atoms with van der Waals surface area (Å²) in [5, 5.41) is 0. The molecule has 0 radical (unpaired) electrons. The van der Waals surface area contributed by atoms with E-state index in [1.54, 1.807) is 0 Å². The highest BCUT2D eigenvalue weighted by Gasteiger charge is 2.43. The molecule has 114 valence electrons. The maximum Gasteiger partial charge on any atom is 0.408 e. The fourth-order valence-corrected chi connectivity index (χ4v) is 2.19. The molecule has 1 aromatic carbocycles. The molecule has 0 saturated carbocycles. The van der Waals surface area contributed by atoms with Gasteiger partial charge in [0.2, 0.25) is 0 Å². The van der Waals surface area contributed by atoms with Crippen LogP contribution >= 0.6 is 0 Å². The van der Waals surface area contributed by atoms with Crippen LogP contribution in [-0.4, -0.2) is 15.1 Å². The summed E-state index contributed by atoms with van der Waals surface area (Å²) < 4.78 is 77.7. The van der Waals surface area contributed by atoms with Crippen molar-refractivity contribution in [2.75, 3.05) is 0 Å². The van der Waals surface area contributed by atoms with Crippen LogP contribution in [0.2, 0.25) is 0 Å². The molecule has 8 heteroatoms. The number of benzene rings is 1. The molecule has 0 aliphatic rings. The summed E-state index contributed by atoms with van der Waals surface area (Å²) in [5.74, 6) is -2.25.